The second-order valence-electron chi connectivity index (χ2n) is 5.38. The van der Waals surface area contributed by atoms with E-state index >= 15 is 0 Å². The molecule has 1 aromatic rings. The smallest absolute Gasteiger partial charge is 0.304 e. The van der Waals surface area contributed by atoms with Crippen molar-refractivity contribution in [3.8, 4) is 5.75 Å². The zero-order valence-corrected chi connectivity index (χ0v) is 11.3. The van der Waals surface area contributed by atoms with Gasteiger partial charge in [-0.25, -0.2) is 0 Å². The number of aliphatic carboxylic acids is 1. The number of hydrogen-bond acceptors (Lipinski definition) is 3. The van der Waals surface area contributed by atoms with Crippen LogP contribution in [0.15, 0.2) is 18.2 Å². The molecule has 0 bridgehead atoms. The van der Waals surface area contributed by atoms with Gasteiger partial charge in [0.2, 0.25) is 0 Å². The molecule has 5 heteroatoms. The summed E-state index contributed by atoms with van der Waals surface area (Å²) in [4.78, 5) is 23.9. The van der Waals surface area contributed by atoms with E-state index in [1.54, 1.807) is 18.0 Å². The second kappa shape index (κ2) is 4.57. The first kappa shape index (κ1) is 13.4. The largest absolute Gasteiger partial charge is 0.482 e. The summed E-state index contributed by atoms with van der Waals surface area (Å²) in [5, 5.41) is 8.94. The maximum absolute atomic E-state index is 11.5. The molecule has 0 aliphatic carbocycles. The average Bonchev–Trinajstić information content (AvgIpc) is 2.32. The molecule has 1 aromatic carbocycles. The van der Waals surface area contributed by atoms with Gasteiger partial charge in [-0.1, -0.05) is 19.9 Å². The van der Waals surface area contributed by atoms with E-state index < -0.39 is 11.4 Å². The number of likely N-dealkylation sites (N-methyl/N-ethyl adjacent to an activating group) is 1. The molecule has 1 N–H and O–H groups in total. The molecule has 0 atom stereocenters. The molecule has 5 nitrogen and oxygen atoms in total. The molecule has 0 aromatic heterocycles. The number of benzene rings is 1. The molecule has 1 aliphatic rings. The number of amides is 1. The summed E-state index contributed by atoms with van der Waals surface area (Å²) in [6.45, 7) is 3.77. The quantitative estimate of drug-likeness (QED) is 0.903. The number of hydrogen-bond donors (Lipinski definition) is 1. The summed E-state index contributed by atoms with van der Waals surface area (Å²) >= 11 is 0. The zero-order chi connectivity index (χ0) is 14.2. The molecule has 0 radical (unpaired) electrons. The molecule has 2 rings (SSSR count). The highest BCUT2D eigenvalue weighted by atomic mass is 16.5. The van der Waals surface area contributed by atoms with Crippen molar-refractivity contribution in [2.45, 2.75) is 25.7 Å². The monoisotopic (exact) mass is 263 g/mol. The van der Waals surface area contributed by atoms with Gasteiger partial charge in [0.1, 0.15) is 5.75 Å². The first-order chi connectivity index (χ1) is 8.81. The molecule has 1 amide bonds. The Balaban J connectivity index is 2.37. The van der Waals surface area contributed by atoms with E-state index in [9.17, 15) is 9.59 Å². The van der Waals surface area contributed by atoms with Gasteiger partial charge in [-0.15, -0.1) is 0 Å². The fourth-order valence-corrected chi connectivity index (χ4v) is 2.18. The van der Waals surface area contributed by atoms with Crippen LogP contribution in [0.1, 0.15) is 25.8 Å². The minimum atomic E-state index is -0.837. The molecular formula is C14H17NO4. The number of anilines is 1. The van der Waals surface area contributed by atoms with Crippen molar-refractivity contribution in [3.05, 3.63) is 23.8 Å². The number of carbonyl (C=O) groups excluding carboxylic acids is 1. The number of fused-ring (bicyclic) bond motifs is 1. The van der Waals surface area contributed by atoms with Crippen molar-refractivity contribution >= 4 is 17.6 Å². The number of carbonyl (C=O) groups is 2. The van der Waals surface area contributed by atoms with E-state index in [1.165, 1.54) is 0 Å². The fraction of sp³-hybridized carbons (Fsp3) is 0.429. The van der Waals surface area contributed by atoms with E-state index in [-0.39, 0.29) is 18.9 Å². The van der Waals surface area contributed by atoms with E-state index in [1.807, 2.05) is 26.0 Å². The summed E-state index contributed by atoms with van der Waals surface area (Å²) in [5.74, 6) is -0.306. The Morgan fingerprint density at radius 2 is 2.16 bits per heavy atom. The highest BCUT2D eigenvalue weighted by Gasteiger charge is 2.28. The molecule has 0 fully saturated rings. The lowest BCUT2D eigenvalue weighted by Gasteiger charge is -2.29. The van der Waals surface area contributed by atoms with Crippen LogP contribution in [0.25, 0.3) is 0 Å². The first-order valence-electron chi connectivity index (χ1n) is 6.07. The maximum Gasteiger partial charge on any atom is 0.304 e. The molecule has 0 saturated carbocycles. The van der Waals surface area contributed by atoms with Crippen LogP contribution in [-0.2, 0) is 15.0 Å². The summed E-state index contributed by atoms with van der Waals surface area (Å²) in [6.07, 6.45) is 0.0422. The predicted molar refractivity (Wildman–Crippen MR) is 70.6 cm³/mol. The van der Waals surface area contributed by atoms with Gasteiger partial charge >= 0.3 is 5.97 Å². The van der Waals surface area contributed by atoms with Crippen LogP contribution in [0.2, 0.25) is 0 Å². The lowest BCUT2D eigenvalue weighted by molar-refractivity contribution is -0.138. The van der Waals surface area contributed by atoms with Gasteiger partial charge in [0.15, 0.2) is 6.61 Å². The summed E-state index contributed by atoms with van der Waals surface area (Å²) in [6, 6.07) is 5.47. The van der Waals surface area contributed by atoms with Crippen molar-refractivity contribution in [3.63, 3.8) is 0 Å². The van der Waals surface area contributed by atoms with Gasteiger partial charge in [0.25, 0.3) is 5.91 Å². The normalized spacial score (nSPS) is 14.9. The molecule has 1 heterocycles. The van der Waals surface area contributed by atoms with E-state index in [2.05, 4.69) is 0 Å². The fourth-order valence-electron chi connectivity index (χ4n) is 2.18. The zero-order valence-electron chi connectivity index (χ0n) is 11.3. The number of carboxylic acids is 1. The average molecular weight is 263 g/mol. The van der Waals surface area contributed by atoms with Gasteiger partial charge in [-0.3, -0.25) is 9.59 Å². The molecule has 1 aliphatic heterocycles. The van der Waals surface area contributed by atoms with Crippen molar-refractivity contribution in [2.75, 3.05) is 18.6 Å². The second-order valence-corrected chi connectivity index (χ2v) is 5.38. The summed E-state index contributed by atoms with van der Waals surface area (Å²) in [5.41, 5.74) is 1.12. The van der Waals surface area contributed by atoms with E-state index in [0.29, 0.717) is 11.4 Å². The minimum Gasteiger partial charge on any atom is -0.482 e. The van der Waals surface area contributed by atoms with E-state index in [0.717, 1.165) is 5.56 Å². The Labute approximate surface area is 111 Å². The third-order valence-corrected chi connectivity index (χ3v) is 3.42. The maximum atomic E-state index is 11.5. The van der Waals surface area contributed by atoms with Crippen LogP contribution in [0.5, 0.6) is 5.75 Å². The van der Waals surface area contributed by atoms with Crippen molar-refractivity contribution in [2.24, 2.45) is 0 Å². The lowest BCUT2D eigenvalue weighted by Crippen LogP contribution is -2.35. The van der Waals surface area contributed by atoms with E-state index in [4.69, 9.17) is 9.84 Å². The highest BCUT2D eigenvalue weighted by Crippen LogP contribution is 2.36. The third kappa shape index (κ3) is 2.54. The SMILES string of the molecule is CN1C(=O)COc2cc(C(C)(C)CC(=O)O)ccc21. The van der Waals surface area contributed by atoms with Gasteiger partial charge in [0, 0.05) is 12.5 Å². The van der Waals surface area contributed by atoms with Gasteiger partial charge in [0.05, 0.1) is 12.1 Å². The molecular weight excluding hydrogens is 246 g/mol. The first-order valence-corrected chi connectivity index (χ1v) is 6.07. The van der Waals surface area contributed by atoms with Crippen LogP contribution in [0.3, 0.4) is 0 Å². The molecule has 102 valence electrons. The van der Waals surface area contributed by atoms with Crippen LogP contribution in [-0.4, -0.2) is 30.6 Å². The molecule has 0 spiro atoms. The van der Waals surface area contributed by atoms with Crippen molar-refractivity contribution in [1.29, 1.82) is 0 Å². The number of carboxylic acid groups (broad SMARTS) is 1. The topological polar surface area (TPSA) is 66.8 Å². The standard InChI is InChI=1S/C14H17NO4/c1-14(2,7-13(17)18)9-4-5-10-11(6-9)19-8-12(16)15(10)3/h4-6H,7-8H2,1-3H3,(H,17,18). The molecule has 0 saturated heterocycles. The van der Waals surface area contributed by atoms with Crippen molar-refractivity contribution < 1.29 is 19.4 Å². The Hall–Kier alpha value is -2.04. The minimum absolute atomic E-state index is 0.0202. The third-order valence-electron chi connectivity index (χ3n) is 3.42. The predicted octanol–water partition coefficient (Wildman–Crippen LogP) is 1.79. The van der Waals surface area contributed by atoms with Crippen LogP contribution in [0.4, 0.5) is 5.69 Å². The number of ether oxygens (including phenoxy) is 1. The number of rotatable bonds is 3. The Bertz CT molecular complexity index is 536. The Kier molecular flexibility index (Phi) is 3.22. The summed E-state index contributed by atoms with van der Waals surface area (Å²) in [7, 11) is 1.70. The van der Waals surface area contributed by atoms with Gasteiger partial charge < -0.3 is 14.7 Å². The van der Waals surface area contributed by atoms with Gasteiger partial charge in [-0.05, 0) is 17.7 Å². The van der Waals surface area contributed by atoms with Crippen LogP contribution < -0.4 is 9.64 Å². The molecule has 0 unspecified atom stereocenters. The van der Waals surface area contributed by atoms with Crippen LogP contribution in [0, 0.1) is 0 Å². The van der Waals surface area contributed by atoms with Crippen molar-refractivity contribution in [1.82, 2.24) is 0 Å². The van der Waals surface area contributed by atoms with Crippen LogP contribution >= 0.6 is 0 Å². The lowest BCUT2D eigenvalue weighted by atomic mass is 9.81. The van der Waals surface area contributed by atoms with Gasteiger partial charge in [-0.2, -0.15) is 0 Å². The Morgan fingerprint density at radius 1 is 1.47 bits per heavy atom. The summed E-state index contributed by atoms with van der Waals surface area (Å²) < 4.78 is 5.41. The Morgan fingerprint density at radius 3 is 2.79 bits per heavy atom. The molecule has 19 heavy (non-hydrogen) atoms. The number of nitrogens with zero attached hydrogens (tertiary/aromatic N) is 1. The highest BCUT2D eigenvalue weighted by molar-refractivity contribution is 5.97.